The van der Waals surface area contributed by atoms with Crippen molar-refractivity contribution in [1.29, 1.82) is 0 Å². The third-order valence-corrected chi connectivity index (χ3v) is 7.17. The highest BCUT2D eigenvalue weighted by Crippen LogP contribution is 2.17. The van der Waals surface area contributed by atoms with Crippen LogP contribution < -0.4 is 0 Å². The van der Waals surface area contributed by atoms with Gasteiger partial charge in [0, 0.05) is 20.3 Å². The van der Waals surface area contributed by atoms with E-state index in [2.05, 4.69) is 18.7 Å². The van der Waals surface area contributed by atoms with E-state index in [1.807, 2.05) is 48.5 Å². The highest BCUT2D eigenvalue weighted by Gasteiger charge is 2.33. The fraction of sp³-hybridized carbons (Fsp3) is 0.294. The van der Waals surface area contributed by atoms with E-state index in [0.29, 0.717) is 6.04 Å². The van der Waals surface area contributed by atoms with Crippen molar-refractivity contribution in [2.45, 2.75) is 19.2 Å². The van der Waals surface area contributed by atoms with Gasteiger partial charge in [0.2, 0.25) is 0 Å². The average molecular weight is 369 g/mol. The smallest absolute Gasteiger partial charge is 0.420 e. The Hall–Kier alpha value is -0.956. The molecule has 2 aromatic rings. The van der Waals surface area contributed by atoms with Gasteiger partial charge in [0.1, 0.15) is 0 Å². The summed E-state index contributed by atoms with van der Waals surface area (Å²) in [7, 11) is 0.482. The summed E-state index contributed by atoms with van der Waals surface area (Å²) in [5.74, 6) is 0. The third-order valence-electron chi connectivity index (χ3n) is 3.18. The van der Waals surface area contributed by atoms with Crippen LogP contribution in [0, 0.1) is 0 Å². The number of benzene rings is 2. The van der Waals surface area contributed by atoms with Gasteiger partial charge in [-0.3, -0.25) is 0 Å². The van der Waals surface area contributed by atoms with Crippen LogP contribution in [-0.4, -0.2) is 31.9 Å². The van der Waals surface area contributed by atoms with Crippen LogP contribution in [0.2, 0.25) is 6.55 Å². The molecule has 0 atom stereocenters. The van der Waals surface area contributed by atoms with Gasteiger partial charge in [-0.15, -0.1) is 0 Å². The molecule has 0 unspecified atom stereocenters. The first kappa shape index (κ1) is 20.1. The van der Waals surface area contributed by atoms with Crippen LogP contribution in [-0.2, 0) is 25.9 Å². The molecule has 126 valence electrons. The van der Waals surface area contributed by atoms with Gasteiger partial charge in [-0.2, -0.15) is 0 Å². The highest BCUT2D eigenvalue weighted by molar-refractivity contribution is 7.12. The van der Waals surface area contributed by atoms with E-state index in [4.69, 9.17) is 24.4 Å². The summed E-state index contributed by atoms with van der Waals surface area (Å²) in [6.45, 7) is 2.94. The molecule has 0 aliphatic rings. The Morgan fingerprint density at radius 3 is 1.78 bits per heavy atom. The Morgan fingerprint density at radius 2 is 1.35 bits per heavy atom. The van der Waals surface area contributed by atoms with E-state index in [1.165, 1.54) is 5.56 Å². The van der Waals surface area contributed by atoms with Crippen molar-refractivity contribution in [3.8, 4) is 0 Å². The molecule has 0 radical (unpaired) electrons. The van der Waals surface area contributed by atoms with Crippen molar-refractivity contribution in [3.05, 3.63) is 71.8 Å². The molecule has 0 aliphatic carbocycles. The molecule has 0 spiro atoms. The first-order valence-electron chi connectivity index (χ1n) is 7.58. The summed E-state index contributed by atoms with van der Waals surface area (Å²) < 4.78 is 15.7. The third kappa shape index (κ3) is 8.46. The molecule has 0 saturated heterocycles. The van der Waals surface area contributed by atoms with Crippen molar-refractivity contribution >= 4 is 28.7 Å². The fourth-order valence-corrected chi connectivity index (χ4v) is 3.94. The maximum absolute atomic E-state index is 6.14. The minimum Gasteiger partial charge on any atom is -0.420 e. The number of hydrogen-bond acceptors (Lipinski definition) is 3. The zero-order chi connectivity index (χ0) is 17.0. The predicted octanol–water partition coefficient (Wildman–Crippen LogP) is 3.57. The topological polar surface area (TPSA) is 27.7 Å². The van der Waals surface area contributed by atoms with Crippen LogP contribution in [0.1, 0.15) is 11.1 Å². The summed E-state index contributed by atoms with van der Waals surface area (Å²) >= 11 is 6.14. The van der Waals surface area contributed by atoms with Crippen LogP contribution in [0.4, 0.5) is 0 Å². The van der Waals surface area contributed by atoms with E-state index >= 15 is 0 Å². The SMILES string of the molecule is CO[Si](Cl)(Cc1ccccc1)OC.C[SiH2]OCc1ccccc1. The quantitative estimate of drug-likeness (QED) is 0.552. The van der Waals surface area contributed by atoms with Crippen LogP contribution in [0.3, 0.4) is 0 Å². The van der Waals surface area contributed by atoms with Crippen LogP contribution in [0.15, 0.2) is 60.7 Å². The lowest BCUT2D eigenvalue weighted by Gasteiger charge is -2.19. The second-order valence-corrected chi connectivity index (χ2v) is 10.1. The summed E-state index contributed by atoms with van der Waals surface area (Å²) in [5, 5.41) is 0. The molecule has 2 aromatic carbocycles. The fourth-order valence-electron chi connectivity index (χ4n) is 1.86. The maximum atomic E-state index is 6.14. The summed E-state index contributed by atoms with van der Waals surface area (Å²) in [5.41, 5.74) is 2.42. The van der Waals surface area contributed by atoms with Gasteiger partial charge in [0.05, 0.1) is 6.61 Å². The zero-order valence-electron chi connectivity index (χ0n) is 14.0. The summed E-state index contributed by atoms with van der Waals surface area (Å²) in [6, 6.07) is 20.9. The molecular formula is C17H25ClO3Si2. The Balaban J connectivity index is 0.000000238. The van der Waals surface area contributed by atoms with Crippen LogP contribution in [0.5, 0.6) is 0 Å². The van der Waals surface area contributed by atoms with Crippen molar-refractivity contribution in [2.24, 2.45) is 0 Å². The van der Waals surface area contributed by atoms with Crippen molar-refractivity contribution in [2.75, 3.05) is 14.2 Å². The second-order valence-electron chi connectivity index (χ2n) is 4.85. The van der Waals surface area contributed by atoms with Gasteiger partial charge >= 0.3 is 7.87 Å². The largest absolute Gasteiger partial charge is 0.447 e. The lowest BCUT2D eigenvalue weighted by Crippen LogP contribution is -2.36. The first-order chi connectivity index (χ1) is 11.1. The van der Waals surface area contributed by atoms with Crippen molar-refractivity contribution in [1.82, 2.24) is 0 Å². The molecule has 0 aromatic heterocycles. The van der Waals surface area contributed by atoms with Gasteiger partial charge in [-0.05, 0) is 11.1 Å². The standard InChI is InChI=1S/C9H13ClO2Si.C8H12OSi/c1-11-13(10,12-2)8-9-6-4-3-5-7-9;1-10-9-7-8-5-3-2-4-6-8/h3-7H,8H2,1-2H3;2-6H,7,10H2,1H3. The minimum atomic E-state index is -2.47. The van der Waals surface area contributed by atoms with Gasteiger partial charge in [0.15, 0.2) is 9.76 Å². The van der Waals surface area contributed by atoms with Crippen molar-refractivity contribution in [3.63, 3.8) is 0 Å². The molecule has 6 heteroatoms. The molecule has 0 N–H and O–H groups in total. The minimum absolute atomic E-state index is 0.230. The van der Waals surface area contributed by atoms with E-state index in [-0.39, 0.29) is 9.76 Å². The van der Waals surface area contributed by atoms with E-state index < -0.39 is 7.87 Å². The molecule has 0 fully saturated rings. The van der Waals surface area contributed by atoms with Crippen LogP contribution in [0.25, 0.3) is 0 Å². The highest BCUT2D eigenvalue weighted by atomic mass is 35.6. The van der Waals surface area contributed by atoms with Crippen LogP contribution >= 0.6 is 11.1 Å². The molecule has 0 saturated carbocycles. The maximum Gasteiger partial charge on any atom is 0.447 e. The number of halogens is 1. The number of hydrogen-bond donors (Lipinski definition) is 0. The molecule has 0 bridgehead atoms. The predicted molar refractivity (Wildman–Crippen MR) is 101 cm³/mol. The normalized spacial score (nSPS) is 11.3. The molecule has 2 rings (SSSR count). The van der Waals surface area contributed by atoms with E-state index in [1.54, 1.807) is 14.2 Å². The molecule has 0 amide bonds. The number of rotatable bonds is 7. The summed E-state index contributed by atoms with van der Waals surface area (Å²) in [4.78, 5) is 0. The van der Waals surface area contributed by atoms with E-state index in [0.717, 1.165) is 12.2 Å². The Labute approximate surface area is 147 Å². The van der Waals surface area contributed by atoms with Crippen molar-refractivity contribution < 1.29 is 13.3 Å². The Kier molecular flexibility index (Phi) is 10.1. The van der Waals surface area contributed by atoms with E-state index in [9.17, 15) is 0 Å². The molecule has 23 heavy (non-hydrogen) atoms. The second kappa shape index (κ2) is 11.6. The van der Waals surface area contributed by atoms with Gasteiger partial charge < -0.3 is 13.3 Å². The Bertz CT molecular complexity index is 522. The molecule has 0 heterocycles. The Morgan fingerprint density at radius 1 is 0.870 bits per heavy atom. The van der Waals surface area contributed by atoms with Gasteiger partial charge in [-0.25, -0.2) is 0 Å². The monoisotopic (exact) mass is 368 g/mol. The summed E-state index contributed by atoms with van der Waals surface area (Å²) in [6.07, 6.45) is 0. The van der Waals surface area contributed by atoms with Gasteiger partial charge in [-0.1, -0.05) is 78.3 Å². The molecule has 3 nitrogen and oxygen atoms in total. The first-order valence-corrected chi connectivity index (χ1v) is 12.6. The lowest BCUT2D eigenvalue weighted by atomic mass is 10.2. The van der Waals surface area contributed by atoms with Gasteiger partial charge in [0.25, 0.3) is 0 Å². The average Bonchev–Trinajstić information content (AvgIpc) is 2.62. The molecule has 0 aliphatic heterocycles. The molecular weight excluding hydrogens is 344 g/mol. The zero-order valence-corrected chi connectivity index (χ0v) is 17.2. The lowest BCUT2D eigenvalue weighted by molar-refractivity contribution is 0.265.